The van der Waals surface area contributed by atoms with Crippen LogP contribution in [-0.2, 0) is 10.0 Å². The molecule has 170 valence electrons. The van der Waals surface area contributed by atoms with Crippen LogP contribution in [-0.4, -0.2) is 34.5 Å². The van der Waals surface area contributed by atoms with Gasteiger partial charge >= 0.3 is 0 Å². The summed E-state index contributed by atoms with van der Waals surface area (Å²) in [4.78, 5) is 12.6. The molecule has 0 saturated heterocycles. The fourth-order valence-corrected chi connectivity index (χ4v) is 4.12. The van der Waals surface area contributed by atoms with Gasteiger partial charge in [-0.1, -0.05) is 0 Å². The Morgan fingerprint density at radius 2 is 1.82 bits per heavy atom. The number of nitrogens with zero attached hydrogens (tertiary/aromatic N) is 4. The van der Waals surface area contributed by atoms with E-state index in [1.54, 1.807) is 67.5 Å². The summed E-state index contributed by atoms with van der Waals surface area (Å²) in [6, 6.07) is 11.9. The number of anilines is 3. The van der Waals surface area contributed by atoms with E-state index in [-0.39, 0.29) is 17.3 Å². The van der Waals surface area contributed by atoms with Gasteiger partial charge in [0.05, 0.1) is 11.5 Å². The van der Waals surface area contributed by atoms with Crippen molar-refractivity contribution in [3.05, 3.63) is 78.9 Å². The molecule has 9 nitrogen and oxygen atoms in total. The fourth-order valence-electron chi connectivity index (χ4n) is 3.05. The third-order valence-corrected chi connectivity index (χ3v) is 5.90. The topological polar surface area (TPSA) is 111 Å². The van der Waals surface area contributed by atoms with Gasteiger partial charge in [-0.2, -0.15) is 0 Å². The molecule has 0 aliphatic heterocycles. The summed E-state index contributed by atoms with van der Waals surface area (Å²) < 4.78 is 48.6. The SMILES string of the molecule is CCOc1ccc(S(=O)(=O)Nc2ccc(Nc3cc(-n4ccnc4)nc(C)n3)cc2)cc1F. The Morgan fingerprint density at radius 3 is 2.48 bits per heavy atom. The first-order chi connectivity index (χ1) is 15.8. The lowest BCUT2D eigenvalue weighted by molar-refractivity contribution is 0.321. The molecule has 4 rings (SSSR count). The lowest BCUT2D eigenvalue weighted by Gasteiger charge is -2.12. The largest absolute Gasteiger partial charge is 0.491 e. The molecular weight excluding hydrogens is 447 g/mol. The van der Waals surface area contributed by atoms with Crippen molar-refractivity contribution in [1.82, 2.24) is 19.5 Å². The highest BCUT2D eigenvalue weighted by Gasteiger charge is 2.17. The number of nitrogens with one attached hydrogen (secondary N) is 2. The number of sulfonamides is 1. The van der Waals surface area contributed by atoms with Crippen LogP contribution < -0.4 is 14.8 Å². The summed E-state index contributed by atoms with van der Waals surface area (Å²) in [5, 5.41) is 3.17. The van der Waals surface area contributed by atoms with E-state index in [9.17, 15) is 12.8 Å². The third kappa shape index (κ3) is 5.26. The number of benzene rings is 2. The zero-order valence-electron chi connectivity index (χ0n) is 17.9. The van der Waals surface area contributed by atoms with Crippen LogP contribution in [0.15, 0.2) is 72.1 Å². The number of hydrogen-bond donors (Lipinski definition) is 2. The Labute approximate surface area is 190 Å². The lowest BCUT2D eigenvalue weighted by Crippen LogP contribution is -2.13. The Balaban J connectivity index is 1.48. The molecule has 0 fully saturated rings. The second-order valence-electron chi connectivity index (χ2n) is 6.96. The molecule has 0 aliphatic carbocycles. The standard InChI is InChI=1S/C22H21FN6O3S/c1-3-32-20-9-8-18(12-19(20)23)33(30,31)28-17-6-4-16(5-7-17)27-21-13-22(26-15(2)25-21)29-11-10-24-14-29/h4-14,28H,3H2,1-2H3,(H,25,26,27). The van der Waals surface area contributed by atoms with Crippen molar-refractivity contribution in [2.75, 3.05) is 16.6 Å². The predicted molar refractivity (Wildman–Crippen MR) is 122 cm³/mol. The van der Waals surface area contributed by atoms with Gasteiger partial charge in [0.1, 0.15) is 23.8 Å². The minimum atomic E-state index is -3.97. The van der Waals surface area contributed by atoms with E-state index in [0.717, 1.165) is 6.07 Å². The minimum Gasteiger partial charge on any atom is -0.491 e. The Morgan fingerprint density at radius 1 is 1.06 bits per heavy atom. The molecule has 0 unspecified atom stereocenters. The highest BCUT2D eigenvalue weighted by atomic mass is 32.2. The van der Waals surface area contributed by atoms with E-state index in [1.807, 2.05) is 0 Å². The summed E-state index contributed by atoms with van der Waals surface area (Å²) >= 11 is 0. The molecule has 2 heterocycles. The summed E-state index contributed by atoms with van der Waals surface area (Å²) in [7, 11) is -3.97. The molecule has 0 amide bonds. The highest BCUT2D eigenvalue weighted by molar-refractivity contribution is 7.92. The molecule has 2 N–H and O–H groups in total. The second kappa shape index (κ2) is 9.25. The van der Waals surface area contributed by atoms with Crippen LogP contribution in [0.25, 0.3) is 5.82 Å². The second-order valence-corrected chi connectivity index (χ2v) is 8.64. The number of rotatable bonds is 8. The van der Waals surface area contributed by atoms with Gasteiger partial charge in [0.25, 0.3) is 10.0 Å². The smallest absolute Gasteiger partial charge is 0.262 e. The molecule has 33 heavy (non-hydrogen) atoms. The van der Waals surface area contributed by atoms with E-state index in [2.05, 4.69) is 25.0 Å². The first kappa shape index (κ1) is 22.2. The first-order valence-electron chi connectivity index (χ1n) is 10.0. The van der Waals surface area contributed by atoms with Crippen LogP contribution in [0.2, 0.25) is 0 Å². The quantitative estimate of drug-likeness (QED) is 0.401. The number of ether oxygens (including phenoxy) is 1. The average Bonchev–Trinajstić information content (AvgIpc) is 3.31. The lowest BCUT2D eigenvalue weighted by atomic mass is 10.3. The maximum atomic E-state index is 14.1. The van der Waals surface area contributed by atoms with Crippen molar-refractivity contribution < 1.29 is 17.5 Å². The van der Waals surface area contributed by atoms with Crippen molar-refractivity contribution in [2.45, 2.75) is 18.7 Å². The Bertz CT molecular complexity index is 1360. The van der Waals surface area contributed by atoms with Crippen LogP contribution in [0, 0.1) is 12.7 Å². The fraction of sp³-hybridized carbons (Fsp3) is 0.136. The Hall–Kier alpha value is -3.99. The zero-order chi connectivity index (χ0) is 23.4. The maximum absolute atomic E-state index is 14.1. The molecule has 0 spiro atoms. The number of aryl methyl sites for hydroxylation is 1. The van der Waals surface area contributed by atoms with E-state index in [0.29, 0.717) is 28.8 Å². The first-order valence-corrected chi connectivity index (χ1v) is 11.5. The van der Waals surface area contributed by atoms with Crippen molar-refractivity contribution >= 4 is 27.2 Å². The monoisotopic (exact) mass is 468 g/mol. The predicted octanol–water partition coefficient (Wildman–Crippen LogP) is 4.05. The maximum Gasteiger partial charge on any atom is 0.262 e. The molecule has 2 aromatic heterocycles. The van der Waals surface area contributed by atoms with E-state index in [4.69, 9.17) is 4.74 Å². The third-order valence-electron chi connectivity index (χ3n) is 4.52. The van der Waals surface area contributed by atoms with Crippen LogP contribution in [0.5, 0.6) is 5.75 Å². The molecule has 0 saturated carbocycles. The number of hydrogen-bond acceptors (Lipinski definition) is 7. The molecule has 11 heteroatoms. The van der Waals surface area contributed by atoms with Gasteiger partial charge in [-0.25, -0.2) is 27.8 Å². The van der Waals surface area contributed by atoms with Gasteiger partial charge in [0.2, 0.25) is 0 Å². The molecule has 0 radical (unpaired) electrons. The van der Waals surface area contributed by atoms with Crippen molar-refractivity contribution in [2.24, 2.45) is 0 Å². The van der Waals surface area contributed by atoms with Gasteiger partial charge in [-0.05, 0) is 56.3 Å². The summed E-state index contributed by atoms with van der Waals surface area (Å²) in [6.45, 7) is 3.78. The average molecular weight is 469 g/mol. The molecule has 2 aromatic carbocycles. The van der Waals surface area contributed by atoms with E-state index >= 15 is 0 Å². The minimum absolute atomic E-state index is 0.00281. The van der Waals surface area contributed by atoms with Gasteiger partial charge in [0.15, 0.2) is 11.6 Å². The highest BCUT2D eigenvalue weighted by Crippen LogP contribution is 2.24. The van der Waals surface area contributed by atoms with Crippen LogP contribution >= 0.6 is 0 Å². The molecule has 0 bridgehead atoms. The summed E-state index contributed by atoms with van der Waals surface area (Å²) in [5.41, 5.74) is 1.02. The van der Waals surface area contributed by atoms with Crippen molar-refractivity contribution in [3.63, 3.8) is 0 Å². The molecule has 0 atom stereocenters. The van der Waals surface area contributed by atoms with Gasteiger partial charge in [-0.15, -0.1) is 0 Å². The molecule has 4 aromatic rings. The van der Waals surface area contributed by atoms with Gasteiger partial charge in [0, 0.05) is 29.8 Å². The molecule has 0 aliphatic rings. The van der Waals surface area contributed by atoms with E-state index in [1.165, 1.54) is 12.1 Å². The van der Waals surface area contributed by atoms with Crippen molar-refractivity contribution in [3.8, 4) is 11.6 Å². The summed E-state index contributed by atoms with van der Waals surface area (Å²) in [6.07, 6.45) is 5.08. The summed E-state index contributed by atoms with van der Waals surface area (Å²) in [5.74, 6) is 1.08. The number of aromatic nitrogens is 4. The number of halogens is 1. The zero-order valence-corrected chi connectivity index (χ0v) is 18.7. The van der Waals surface area contributed by atoms with Crippen molar-refractivity contribution in [1.29, 1.82) is 0 Å². The van der Waals surface area contributed by atoms with Gasteiger partial charge in [-0.3, -0.25) is 9.29 Å². The van der Waals surface area contributed by atoms with E-state index < -0.39 is 15.8 Å². The van der Waals surface area contributed by atoms with Gasteiger partial charge < -0.3 is 10.1 Å². The molecular formula is C22H21FN6O3S. The van der Waals surface area contributed by atoms with Crippen LogP contribution in [0.4, 0.5) is 21.6 Å². The van der Waals surface area contributed by atoms with Crippen LogP contribution in [0.1, 0.15) is 12.7 Å². The van der Waals surface area contributed by atoms with Crippen LogP contribution in [0.3, 0.4) is 0 Å². The number of imidazole rings is 1. The normalized spacial score (nSPS) is 11.2. The Kier molecular flexibility index (Phi) is 6.22.